The van der Waals surface area contributed by atoms with Gasteiger partial charge in [0.05, 0.1) is 10.5 Å². The molecule has 100 valence electrons. The van der Waals surface area contributed by atoms with E-state index in [4.69, 9.17) is 5.14 Å². The zero-order valence-corrected chi connectivity index (χ0v) is 11.6. The molecule has 0 unspecified atom stereocenters. The molecule has 1 amide bonds. The highest BCUT2D eigenvalue weighted by Crippen LogP contribution is 2.17. The highest BCUT2D eigenvalue weighted by molar-refractivity contribution is 7.89. The van der Waals surface area contributed by atoms with Crippen LogP contribution < -0.4 is 5.14 Å². The predicted octanol–water partition coefficient (Wildman–Crippen LogP) is 1.20. The Morgan fingerprint density at radius 1 is 1.33 bits per heavy atom. The predicted molar refractivity (Wildman–Crippen MR) is 69.7 cm³/mol. The second-order valence-electron chi connectivity index (χ2n) is 4.23. The lowest BCUT2D eigenvalue weighted by molar-refractivity contribution is 0.0713. The smallest absolute Gasteiger partial charge is 0.255 e. The summed E-state index contributed by atoms with van der Waals surface area (Å²) in [6, 6.07) is 5.98. The van der Waals surface area contributed by atoms with E-state index >= 15 is 0 Å². The van der Waals surface area contributed by atoms with Crippen LogP contribution >= 0.6 is 0 Å². The van der Waals surface area contributed by atoms with Gasteiger partial charge in [0.25, 0.3) is 5.91 Å². The average Bonchev–Trinajstić information content (AvgIpc) is 2.28. The van der Waals surface area contributed by atoms with Crippen LogP contribution in [-0.2, 0) is 10.0 Å². The van der Waals surface area contributed by atoms with Crippen molar-refractivity contribution in [3.05, 3.63) is 29.8 Å². The molecule has 0 spiro atoms. The molecule has 0 fully saturated rings. The van der Waals surface area contributed by atoms with Gasteiger partial charge in [-0.05, 0) is 32.9 Å². The molecule has 1 aromatic carbocycles. The van der Waals surface area contributed by atoms with Crippen LogP contribution in [-0.4, -0.2) is 31.8 Å². The molecule has 1 aromatic rings. The Bertz CT molecular complexity index is 538. The molecule has 0 aromatic heterocycles. The Morgan fingerprint density at radius 2 is 1.89 bits per heavy atom. The van der Waals surface area contributed by atoms with Crippen molar-refractivity contribution < 1.29 is 13.2 Å². The molecule has 0 bridgehead atoms. The Hall–Kier alpha value is -1.40. The van der Waals surface area contributed by atoms with Crippen LogP contribution in [0.2, 0.25) is 0 Å². The third-order valence-corrected chi connectivity index (χ3v) is 3.62. The van der Waals surface area contributed by atoms with Crippen molar-refractivity contribution in [3.63, 3.8) is 0 Å². The van der Waals surface area contributed by atoms with E-state index in [1.807, 2.05) is 20.8 Å². The number of nitrogens with two attached hydrogens (primary N) is 1. The van der Waals surface area contributed by atoms with E-state index in [2.05, 4.69) is 0 Å². The molecule has 0 heterocycles. The van der Waals surface area contributed by atoms with Crippen LogP contribution in [0.4, 0.5) is 0 Å². The zero-order chi connectivity index (χ0) is 13.9. The zero-order valence-electron chi connectivity index (χ0n) is 10.8. The van der Waals surface area contributed by atoms with Gasteiger partial charge in [0.2, 0.25) is 10.0 Å². The molecule has 0 saturated carbocycles. The van der Waals surface area contributed by atoms with E-state index in [0.717, 1.165) is 0 Å². The monoisotopic (exact) mass is 270 g/mol. The van der Waals surface area contributed by atoms with Crippen molar-refractivity contribution in [2.75, 3.05) is 6.54 Å². The molecule has 18 heavy (non-hydrogen) atoms. The summed E-state index contributed by atoms with van der Waals surface area (Å²) in [5, 5.41) is 5.11. The van der Waals surface area contributed by atoms with Crippen LogP contribution in [0.15, 0.2) is 29.2 Å². The quantitative estimate of drug-likeness (QED) is 0.892. The standard InChI is InChI=1S/C12H18N2O3S/c1-4-14(9(2)3)12(15)10-7-5-6-8-11(10)18(13,16)17/h5-9H,4H2,1-3H3,(H2,13,16,17). The summed E-state index contributed by atoms with van der Waals surface area (Å²) in [6.07, 6.45) is 0. The van der Waals surface area contributed by atoms with Crippen molar-refractivity contribution in [2.45, 2.75) is 31.7 Å². The first-order valence-electron chi connectivity index (χ1n) is 5.71. The number of primary sulfonamides is 1. The molecular weight excluding hydrogens is 252 g/mol. The average molecular weight is 270 g/mol. The summed E-state index contributed by atoms with van der Waals surface area (Å²) < 4.78 is 22.9. The molecule has 0 aliphatic heterocycles. The minimum absolute atomic E-state index is 0.00367. The fourth-order valence-electron chi connectivity index (χ4n) is 1.79. The van der Waals surface area contributed by atoms with Crippen molar-refractivity contribution in [1.82, 2.24) is 4.90 Å². The third kappa shape index (κ3) is 3.08. The molecule has 0 aliphatic rings. The van der Waals surface area contributed by atoms with E-state index in [1.165, 1.54) is 12.1 Å². The van der Waals surface area contributed by atoms with Gasteiger partial charge in [-0.2, -0.15) is 0 Å². The summed E-state index contributed by atoms with van der Waals surface area (Å²) in [6.45, 7) is 6.11. The number of hydrogen-bond donors (Lipinski definition) is 1. The maximum Gasteiger partial charge on any atom is 0.255 e. The second-order valence-corrected chi connectivity index (χ2v) is 5.76. The van der Waals surface area contributed by atoms with E-state index in [1.54, 1.807) is 17.0 Å². The molecule has 0 radical (unpaired) electrons. The van der Waals surface area contributed by atoms with Gasteiger partial charge in [-0.25, -0.2) is 13.6 Å². The molecule has 2 N–H and O–H groups in total. The van der Waals surface area contributed by atoms with Gasteiger partial charge in [0.1, 0.15) is 0 Å². The SMILES string of the molecule is CCN(C(=O)c1ccccc1S(N)(=O)=O)C(C)C. The normalized spacial score (nSPS) is 11.6. The van der Waals surface area contributed by atoms with Gasteiger partial charge in [-0.1, -0.05) is 12.1 Å². The molecule has 0 atom stereocenters. The maximum atomic E-state index is 12.3. The third-order valence-electron chi connectivity index (χ3n) is 2.65. The minimum Gasteiger partial charge on any atom is -0.336 e. The van der Waals surface area contributed by atoms with Gasteiger partial charge < -0.3 is 4.90 Å². The minimum atomic E-state index is -3.89. The number of carbonyl (C=O) groups is 1. The van der Waals surface area contributed by atoms with Gasteiger partial charge in [0.15, 0.2) is 0 Å². The number of amides is 1. The molecule has 5 nitrogen and oxygen atoms in total. The van der Waals surface area contributed by atoms with Gasteiger partial charge >= 0.3 is 0 Å². The van der Waals surface area contributed by atoms with Crippen molar-refractivity contribution >= 4 is 15.9 Å². The lowest BCUT2D eigenvalue weighted by Crippen LogP contribution is -2.37. The highest BCUT2D eigenvalue weighted by Gasteiger charge is 2.23. The fraction of sp³-hybridized carbons (Fsp3) is 0.417. The number of sulfonamides is 1. The number of nitrogens with zero attached hydrogens (tertiary/aromatic N) is 1. The van der Waals surface area contributed by atoms with Crippen LogP contribution in [0, 0.1) is 0 Å². The number of hydrogen-bond acceptors (Lipinski definition) is 3. The van der Waals surface area contributed by atoms with Crippen LogP contribution in [0.3, 0.4) is 0 Å². The molecular formula is C12H18N2O3S. The van der Waals surface area contributed by atoms with Crippen LogP contribution in [0.1, 0.15) is 31.1 Å². The first-order chi connectivity index (χ1) is 8.29. The highest BCUT2D eigenvalue weighted by atomic mass is 32.2. The Kier molecular flexibility index (Phi) is 4.48. The van der Waals surface area contributed by atoms with Crippen LogP contribution in [0.5, 0.6) is 0 Å². The number of benzene rings is 1. The summed E-state index contributed by atoms with van der Waals surface area (Å²) in [5.74, 6) is -0.322. The topological polar surface area (TPSA) is 80.5 Å². The van der Waals surface area contributed by atoms with Crippen molar-refractivity contribution in [1.29, 1.82) is 0 Å². The van der Waals surface area contributed by atoms with Gasteiger partial charge in [-0.3, -0.25) is 4.79 Å². The lowest BCUT2D eigenvalue weighted by atomic mass is 10.1. The summed E-state index contributed by atoms with van der Waals surface area (Å²) >= 11 is 0. The summed E-state index contributed by atoms with van der Waals surface area (Å²) in [5.41, 5.74) is 0.121. The van der Waals surface area contributed by atoms with E-state index in [0.29, 0.717) is 6.54 Å². The number of rotatable bonds is 4. The van der Waals surface area contributed by atoms with E-state index < -0.39 is 10.0 Å². The second kappa shape index (κ2) is 5.49. The number of carbonyl (C=O) groups excluding carboxylic acids is 1. The van der Waals surface area contributed by atoms with Crippen LogP contribution in [0.25, 0.3) is 0 Å². The molecule has 0 saturated heterocycles. The Morgan fingerprint density at radius 3 is 2.33 bits per heavy atom. The lowest BCUT2D eigenvalue weighted by Gasteiger charge is -2.25. The van der Waals surface area contributed by atoms with E-state index in [9.17, 15) is 13.2 Å². The molecule has 0 aliphatic carbocycles. The Labute approximate surface area is 108 Å². The first kappa shape index (κ1) is 14.7. The molecule has 1 rings (SSSR count). The van der Waals surface area contributed by atoms with Crippen molar-refractivity contribution in [3.8, 4) is 0 Å². The van der Waals surface area contributed by atoms with Gasteiger partial charge in [0, 0.05) is 12.6 Å². The fourth-order valence-corrected chi connectivity index (χ4v) is 2.52. The first-order valence-corrected chi connectivity index (χ1v) is 7.26. The molecule has 6 heteroatoms. The van der Waals surface area contributed by atoms with Crippen molar-refractivity contribution in [2.24, 2.45) is 5.14 Å². The Balaban J connectivity index is 3.30. The summed E-state index contributed by atoms with van der Waals surface area (Å²) in [4.78, 5) is 13.7. The van der Waals surface area contributed by atoms with Gasteiger partial charge in [-0.15, -0.1) is 0 Å². The van der Waals surface area contributed by atoms with E-state index in [-0.39, 0.29) is 22.4 Å². The maximum absolute atomic E-state index is 12.3. The summed E-state index contributed by atoms with van der Waals surface area (Å²) in [7, 11) is -3.89. The largest absolute Gasteiger partial charge is 0.336 e.